The van der Waals surface area contributed by atoms with E-state index in [4.69, 9.17) is 22.4 Å². The van der Waals surface area contributed by atoms with Crippen molar-refractivity contribution in [1.29, 1.82) is 0 Å². The SMILES string of the molecule is CCCCCC(=O)NC(=S)Nc1cc2nn(-c3ccc(N(CC)CC)cc3C)nc2cc1C. The number of nitrogens with zero attached hydrogens (tertiary/aromatic N) is 4. The normalized spacial score (nSPS) is 10.9. The number of fused-ring (bicyclic) bond motifs is 1. The van der Waals surface area contributed by atoms with Gasteiger partial charge in [-0.15, -0.1) is 10.2 Å². The molecule has 1 aromatic heterocycles. The first-order valence-electron chi connectivity index (χ1n) is 11.7. The van der Waals surface area contributed by atoms with Gasteiger partial charge >= 0.3 is 0 Å². The zero-order valence-corrected chi connectivity index (χ0v) is 21.1. The smallest absolute Gasteiger partial charge is 0.226 e. The molecule has 0 fully saturated rings. The summed E-state index contributed by atoms with van der Waals surface area (Å²) in [6, 6.07) is 10.3. The highest BCUT2D eigenvalue weighted by atomic mass is 32.1. The van der Waals surface area contributed by atoms with E-state index in [0.29, 0.717) is 11.5 Å². The lowest BCUT2D eigenvalue weighted by molar-refractivity contribution is -0.119. The first-order valence-corrected chi connectivity index (χ1v) is 12.1. The molecule has 3 rings (SSSR count). The van der Waals surface area contributed by atoms with Crippen molar-refractivity contribution in [3.63, 3.8) is 0 Å². The van der Waals surface area contributed by atoms with Crippen LogP contribution >= 0.6 is 12.2 Å². The van der Waals surface area contributed by atoms with E-state index in [-0.39, 0.29) is 5.91 Å². The summed E-state index contributed by atoms with van der Waals surface area (Å²) in [6.45, 7) is 12.4. The number of anilines is 2. The summed E-state index contributed by atoms with van der Waals surface area (Å²) in [4.78, 5) is 16.0. The quantitative estimate of drug-likeness (QED) is 0.330. The van der Waals surface area contributed by atoms with E-state index in [0.717, 1.165) is 65.9 Å². The van der Waals surface area contributed by atoms with Crippen molar-refractivity contribution < 1.29 is 4.79 Å². The van der Waals surface area contributed by atoms with Gasteiger partial charge < -0.3 is 15.5 Å². The Morgan fingerprint density at radius 1 is 1.00 bits per heavy atom. The highest BCUT2D eigenvalue weighted by molar-refractivity contribution is 7.80. The highest BCUT2D eigenvalue weighted by Gasteiger charge is 2.13. The summed E-state index contributed by atoms with van der Waals surface area (Å²) in [6.07, 6.45) is 3.47. The number of nitrogens with one attached hydrogen (secondary N) is 2. The third kappa shape index (κ3) is 6.07. The van der Waals surface area contributed by atoms with Crippen LogP contribution in [0.1, 0.15) is 57.6 Å². The average Bonchev–Trinajstić information content (AvgIpc) is 3.17. The Hall–Kier alpha value is -3.00. The van der Waals surface area contributed by atoms with Crippen molar-refractivity contribution in [2.24, 2.45) is 0 Å². The van der Waals surface area contributed by atoms with E-state index >= 15 is 0 Å². The van der Waals surface area contributed by atoms with Crippen LogP contribution in [0.15, 0.2) is 30.3 Å². The molecule has 0 unspecified atom stereocenters. The monoisotopic (exact) mass is 466 g/mol. The molecule has 0 aliphatic rings. The third-order valence-corrected chi connectivity index (χ3v) is 5.96. The molecule has 7 nitrogen and oxygen atoms in total. The molecule has 2 aromatic carbocycles. The van der Waals surface area contributed by atoms with Gasteiger partial charge in [-0.05, 0) is 87.8 Å². The van der Waals surface area contributed by atoms with E-state index in [1.807, 2.05) is 19.1 Å². The number of aryl methyl sites for hydroxylation is 2. The van der Waals surface area contributed by atoms with Gasteiger partial charge in [-0.2, -0.15) is 4.80 Å². The van der Waals surface area contributed by atoms with E-state index in [9.17, 15) is 4.79 Å². The lowest BCUT2D eigenvalue weighted by Crippen LogP contribution is -2.34. The van der Waals surface area contributed by atoms with Crippen LogP contribution in [-0.4, -0.2) is 39.1 Å². The summed E-state index contributed by atoms with van der Waals surface area (Å²) in [5.41, 5.74) is 6.61. The predicted molar refractivity (Wildman–Crippen MR) is 140 cm³/mol. The fraction of sp³-hybridized carbons (Fsp3) is 0.440. The molecule has 176 valence electrons. The van der Waals surface area contributed by atoms with Gasteiger partial charge in [0.15, 0.2) is 5.11 Å². The minimum atomic E-state index is -0.0609. The molecule has 0 saturated carbocycles. The van der Waals surface area contributed by atoms with Crippen molar-refractivity contribution in [2.75, 3.05) is 23.3 Å². The number of benzene rings is 2. The zero-order valence-electron chi connectivity index (χ0n) is 20.2. The number of unbranched alkanes of at least 4 members (excludes halogenated alkanes) is 2. The number of hydrogen-bond donors (Lipinski definition) is 2. The van der Waals surface area contributed by atoms with Crippen molar-refractivity contribution in [1.82, 2.24) is 20.3 Å². The van der Waals surface area contributed by atoms with Gasteiger partial charge in [-0.1, -0.05) is 19.8 Å². The number of carbonyl (C=O) groups is 1. The Kier molecular flexibility index (Phi) is 8.38. The highest BCUT2D eigenvalue weighted by Crippen LogP contribution is 2.25. The van der Waals surface area contributed by atoms with Crippen molar-refractivity contribution in [3.05, 3.63) is 41.5 Å². The Balaban J connectivity index is 1.78. The van der Waals surface area contributed by atoms with Gasteiger partial charge in [0.2, 0.25) is 5.91 Å². The molecule has 0 bridgehead atoms. The fourth-order valence-electron chi connectivity index (χ4n) is 3.84. The number of rotatable bonds is 9. The van der Waals surface area contributed by atoms with Gasteiger partial charge in [0.1, 0.15) is 11.0 Å². The molecule has 3 aromatic rings. The number of amides is 1. The first-order chi connectivity index (χ1) is 15.9. The number of carbonyl (C=O) groups excluding carboxylic acids is 1. The van der Waals surface area contributed by atoms with Gasteiger partial charge in [-0.25, -0.2) is 0 Å². The molecule has 33 heavy (non-hydrogen) atoms. The van der Waals surface area contributed by atoms with E-state index in [2.05, 4.69) is 61.4 Å². The van der Waals surface area contributed by atoms with Crippen LogP contribution in [0.5, 0.6) is 0 Å². The van der Waals surface area contributed by atoms with Gasteiger partial charge in [0.05, 0.1) is 5.69 Å². The molecule has 0 atom stereocenters. The van der Waals surface area contributed by atoms with Gasteiger partial charge in [0, 0.05) is 30.9 Å². The number of thiocarbonyl (C=S) groups is 1. The predicted octanol–water partition coefficient (Wildman–Crippen LogP) is 5.28. The second kappa shape index (κ2) is 11.2. The number of hydrogen-bond acceptors (Lipinski definition) is 5. The van der Waals surface area contributed by atoms with Crippen molar-refractivity contribution in [2.45, 2.75) is 60.3 Å². The summed E-state index contributed by atoms with van der Waals surface area (Å²) in [5, 5.41) is 15.6. The fourth-order valence-corrected chi connectivity index (χ4v) is 4.06. The van der Waals surface area contributed by atoms with E-state index < -0.39 is 0 Å². The average molecular weight is 467 g/mol. The van der Waals surface area contributed by atoms with Gasteiger partial charge in [-0.3, -0.25) is 4.79 Å². The van der Waals surface area contributed by atoms with Crippen LogP contribution in [0.2, 0.25) is 0 Å². The topological polar surface area (TPSA) is 75.1 Å². The van der Waals surface area contributed by atoms with Crippen LogP contribution in [0.4, 0.5) is 11.4 Å². The van der Waals surface area contributed by atoms with Crippen LogP contribution in [0.25, 0.3) is 16.7 Å². The molecule has 2 N–H and O–H groups in total. The maximum atomic E-state index is 12.0. The Morgan fingerprint density at radius 3 is 2.33 bits per heavy atom. The summed E-state index contributed by atoms with van der Waals surface area (Å²) < 4.78 is 0. The molecule has 8 heteroatoms. The molecule has 1 heterocycles. The first kappa shape index (κ1) is 24.6. The zero-order chi connectivity index (χ0) is 24.0. The second-order valence-corrected chi connectivity index (χ2v) is 8.66. The molecular weight excluding hydrogens is 432 g/mol. The number of aromatic nitrogens is 3. The largest absolute Gasteiger partial charge is 0.372 e. The van der Waals surface area contributed by atoms with Crippen LogP contribution < -0.4 is 15.5 Å². The summed E-state index contributed by atoms with van der Waals surface area (Å²) in [5.74, 6) is -0.0609. The summed E-state index contributed by atoms with van der Waals surface area (Å²) in [7, 11) is 0. The maximum absolute atomic E-state index is 12.0. The van der Waals surface area contributed by atoms with E-state index in [1.165, 1.54) is 5.69 Å². The minimum Gasteiger partial charge on any atom is -0.372 e. The molecule has 0 aliphatic heterocycles. The van der Waals surface area contributed by atoms with Crippen LogP contribution in [-0.2, 0) is 4.79 Å². The molecule has 0 spiro atoms. The third-order valence-electron chi connectivity index (χ3n) is 5.76. The molecule has 0 saturated heterocycles. The molecule has 0 aliphatic carbocycles. The minimum absolute atomic E-state index is 0.0609. The summed E-state index contributed by atoms with van der Waals surface area (Å²) >= 11 is 5.34. The Morgan fingerprint density at radius 2 is 1.70 bits per heavy atom. The Labute approximate surface area is 201 Å². The molecular formula is C25H34N6OS. The van der Waals surface area contributed by atoms with E-state index in [1.54, 1.807) is 4.80 Å². The Bertz CT molecular complexity index is 1140. The van der Waals surface area contributed by atoms with Crippen molar-refractivity contribution >= 4 is 45.6 Å². The van der Waals surface area contributed by atoms with Gasteiger partial charge in [0.25, 0.3) is 0 Å². The lowest BCUT2D eigenvalue weighted by atomic mass is 10.1. The maximum Gasteiger partial charge on any atom is 0.226 e. The van der Waals surface area contributed by atoms with Crippen molar-refractivity contribution in [3.8, 4) is 5.69 Å². The standard InChI is InChI=1S/C25H34N6OS/c1-6-9-10-11-24(32)27-25(33)26-20-16-22-21(15-17(20)4)28-31(29-22)23-13-12-19(14-18(23)5)30(7-2)8-3/h12-16H,6-11H2,1-5H3,(H2,26,27,32,33). The molecule has 0 radical (unpaired) electrons. The van der Waals surface area contributed by atoms with Crippen LogP contribution in [0.3, 0.4) is 0 Å². The molecule has 1 amide bonds. The second-order valence-electron chi connectivity index (χ2n) is 8.25. The lowest BCUT2D eigenvalue weighted by Gasteiger charge is -2.22. The van der Waals surface area contributed by atoms with Crippen LogP contribution in [0, 0.1) is 13.8 Å².